The van der Waals surface area contributed by atoms with E-state index in [-0.39, 0.29) is 10.8 Å². The average Bonchev–Trinajstić information content (AvgIpc) is 2.25. The molecule has 4 rings (SSSR count). The van der Waals surface area contributed by atoms with Gasteiger partial charge in [0.05, 0.1) is 11.1 Å². The molecule has 4 bridgehead atoms. The highest BCUT2D eigenvalue weighted by molar-refractivity contribution is 6.32. The monoisotopic (exact) mass is 241 g/mol. The molecule has 4 saturated carbocycles. The largest absolute Gasteiger partial charge is 0.411 e. The first-order valence-electron chi connectivity index (χ1n) is 6.45. The van der Waals surface area contributed by atoms with Crippen LogP contribution in [0, 0.1) is 23.2 Å². The Bertz CT molecular complexity index is 291. The predicted octanol–water partition coefficient (Wildman–Crippen LogP) is 3.66. The second kappa shape index (κ2) is 3.63. The molecule has 0 aromatic heterocycles. The average molecular weight is 242 g/mol. The van der Waals surface area contributed by atoms with E-state index in [1.807, 2.05) is 6.92 Å². The zero-order valence-corrected chi connectivity index (χ0v) is 10.6. The van der Waals surface area contributed by atoms with Gasteiger partial charge < -0.3 is 5.21 Å². The third-order valence-corrected chi connectivity index (χ3v) is 5.93. The van der Waals surface area contributed by atoms with Crippen LogP contribution < -0.4 is 0 Å². The molecule has 4 aliphatic rings. The molecule has 90 valence electrons. The minimum Gasteiger partial charge on any atom is -0.411 e. The molecule has 1 atom stereocenters. The third-order valence-electron chi connectivity index (χ3n) is 5.15. The van der Waals surface area contributed by atoms with Crippen LogP contribution in [0.4, 0.5) is 0 Å². The number of nitrogens with zero attached hydrogens (tertiary/aromatic N) is 1. The molecular weight excluding hydrogens is 222 g/mol. The smallest absolute Gasteiger partial charge is 0.0804 e. The summed E-state index contributed by atoms with van der Waals surface area (Å²) in [5, 5.41) is 12.2. The minimum absolute atomic E-state index is 0.0501. The van der Waals surface area contributed by atoms with Crippen LogP contribution >= 0.6 is 11.6 Å². The van der Waals surface area contributed by atoms with Gasteiger partial charge in [-0.1, -0.05) is 5.16 Å². The van der Waals surface area contributed by atoms with Crippen molar-refractivity contribution in [3.8, 4) is 0 Å². The van der Waals surface area contributed by atoms with E-state index < -0.39 is 0 Å². The maximum atomic E-state index is 8.91. The van der Waals surface area contributed by atoms with Crippen LogP contribution in [-0.2, 0) is 0 Å². The Hall–Kier alpha value is -0.240. The number of alkyl halides is 1. The highest BCUT2D eigenvalue weighted by Crippen LogP contribution is 2.62. The van der Waals surface area contributed by atoms with Gasteiger partial charge in [0.1, 0.15) is 0 Å². The molecule has 2 nitrogen and oxygen atoms in total. The van der Waals surface area contributed by atoms with Gasteiger partial charge in [0, 0.05) is 0 Å². The fraction of sp³-hybridized carbons (Fsp3) is 0.923. The van der Waals surface area contributed by atoms with Gasteiger partial charge >= 0.3 is 0 Å². The summed E-state index contributed by atoms with van der Waals surface area (Å²) in [5.74, 6) is 2.71. The minimum atomic E-state index is -0.0501. The quantitative estimate of drug-likeness (QED) is 0.340. The zero-order chi connectivity index (χ0) is 11.3. The summed E-state index contributed by atoms with van der Waals surface area (Å²) in [6.07, 6.45) is 8.08. The molecule has 0 radical (unpaired) electrons. The van der Waals surface area contributed by atoms with Crippen LogP contribution in [0.1, 0.15) is 45.4 Å². The van der Waals surface area contributed by atoms with Crippen LogP contribution in [0.15, 0.2) is 5.16 Å². The molecule has 0 saturated heterocycles. The Labute approximate surface area is 102 Å². The van der Waals surface area contributed by atoms with Crippen molar-refractivity contribution in [2.24, 2.45) is 28.3 Å². The Morgan fingerprint density at radius 1 is 1.19 bits per heavy atom. The summed E-state index contributed by atoms with van der Waals surface area (Å²) in [5.41, 5.74) is 0.968. The fourth-order valence-corrected chi connectivity index (χ4v) is 5.29. The summed E-state index contributed by atoms with van der Waals surface area (Å²) in [7, 11) is 0. The van der Waals surface area contributed by atoms with Crippen molar-refractivity contribution in [1.29, 1.82) is 0 Å². The molecule has 0 aromatic carbocycles. The lowest BCUT2D eigenvalue weighted by molar-refractivity contribution is -0.0465. The number of rotatable bonds is 2. The Kier molecular flexibility index (Phi) is 2.47. The molecule has 0 aromatic rings. The van der Waals surface area contributed by atoms with Gasteiger partial charge in [0.25, 0.3) is 0 Å². The summed E-state index contributed by atoms with van der Waals surface area (Å²) >= 11 is 6.56. The van der Waals surface area contributed by atoms with Crippen molar-refractivity contribution in [1.82, 2.24) is 0 Å². The summed E-state index contributed by atoms with van der Waals surface area (Å²) in [6.45, 7) is 1.86. The van der Waals surface area contributed by atoms with Crippen molar-refractivity contribution < 1.29 is 5.21 Å². The van der Waals surface area contributed by atoms with Crippen LogP contribution in [0.5, 0.6) is 0 Å². The maximum Gasteiger partial charge on any atom is 0.0804 e. The van der Waals surface area contributed by atoms with E-state index >= 15 is 0 Å². The van der Waals surface area contributed by atoms with Crippen molar-refractivity contribution in [3.63, 3.8) is 0 Å². The molecule has 1 N–H and O–H groups in total. The molecule has 4 aliphatic carbocycles. The number of oxime groups is 1. The SMILES string of the molecule is C/C(=N/O)C(Cl)C12CC3CC(CC(C3)C1)C2. The Morgan fingerprint density at radius 2 is 1.62 bits per heavy atom. The fourth-order valence-electron chi connectivity index (χ4n) is 4.98. The molecule has 16 heavy (non-hydrogen) atoms. The van der Waals surface area contributed by atoms with E-state index in [1.165, 1.54) is 38.5 Å². The molecule has 0 heterocycles. The van der Waals surface area contributed by atoms with Gasteiger partial charge in [0.15, 0.2) is 0 Å². The van der Waals surface area contributed by atoms with E-state index in [4.69, 9.17) is 16.8 Å². The highest BCUT2D eigenvalue weighted by Gasteiger charge is 2.54. The molecule has 0 amide bonds. The third kappa shape index (κ3) is 1.49. The summed E-state index contributed by atoms with van der Waals surface area (Å²) < 4.78 is 0. The lowest BCUT2D eigenvalue weighted by Crippen LogP contribution is -2.51. The number of hydrogen-bond acceptors (Lipinski definition) is 2. The number of hydrogen-bond donors (Lipinski definition) is 1. The predicted molar refractivity (Wildman–Crippen MR) is 65.1 cm³/mol. The van der Waals surface area contributed by atoms with Crippen LogP contribution in [0.2, 0.25) is 0 Å². The first-order chi connectivity index (χ1) is 7.63. The van der Waals surface area contributed by atoms with Crippen LogP contribution in [0.3, 0.4) is 0 Å². The van der Waals surface area contributed by atoms with E-state index in [0.717, 1.165) is 17.8 Å². The van der Waals surface area contributed by atoms with Gasteiger partial charge in [-0.25, -0.2) is 0 Å². The zero-order valence-electron chi connectivity index (χ0n) is 9.82. The maximum absolute atomic E-state index is 8.91. The van der Waals surface area contributed by atoms with Crippen molar-refractivity contribution in [2.75, 3.05) is 0 Å². The first kappa shape index (κ1) is 10.9. The molecule has 0 aliphatic heterocycles. The Morgan fingerprint density at radius 3 is 2.00 bits per heavy atom. The van der Waals surface area contributed by atoms with E-state index in [1.54, 1.807) is 0 Å². The topological polar surface area (TPSA) is 32.6 Å². The second-order valence-corrected chi connectivity index (χ2v) is 6.82. The second-order valence-electron chi connectivity index (χ2n) is 6.38. The summed E-state index contributed by atoms with van der Waals surface area (Å²) in [4.78, 5) is 0. The standard InChI is InChI=1S/C13H20ClNO/c1-8(15-16)12(14)13-5-9-2-10(6-13)4-11(3-9)7-13/h9-12,16H,2-7H2,1H3/b15-8-. The lowest BCUT2D eigenvalue weighted by atomic mass is 9.48. The molecule has 3 heteroatoms. The van der Waals surface area contributed by atoms with E-state index in [9.17, 15) is 0 Å². The summed E-state index contributed by atoms with van der Waals surface area (Å²) in [6, 6.07) is 0. The van der Waals surface area contributed by atoms with Crippen LogP contribution in [0.25, 0.3) is 0 Å². The number of halogens is 1. The molecule has 4 fully saturated rings. The lowest BCUT2D eigenvalue weighted by Gasteiger charge is -2.58. The highest BCUT2D eigenvalue weighted by atomic mass is 35.5. The first-order valence-corrected chi connectivity index (χ1v) is 6.89. The molecular formula is C13H20ClNO. The van der Waals surface area contributed by atoms with Gasteiger partial charge in [0.2, 0.25) is 0 Å². The van der Waals surface area contributed by atoms with Crippen molar-refractivity contribution >= 4 is 17.3 Å². The molecule has 0 spiro atoms. The van der Waals surface area contributed by atoms with Crippen LogP contribution in [-0.4, -0.2) is 16.3 Å². The normalized spacial score (nSPS) is 48.4. The van der Waals surface area contributed by atoms with Gasteiger partial charge in [-0.3, -0.25) is 0 Å². The van der Waals surface area contributed by atoms with Crippen molar-refractivity contribution in [2.45, 2.75) is 50.8 Å². The van der Waals surface area contributed by atoms with Crippen molar-refractivity contribution in [3.05, 3.63) is 0 Å². The van der Waals surface area contributed by atoms with Gasteiger partial charge in [-0.2, -0.15) is 0 Å². The van der Waals surface area contributed by atoms with Gasteiger partial charge in [-0.15, -0.1) is 11.6 Å². The Balaban J connectivity index is 1.88. The van der Waals surface area contributed by atoms with E-state index in [0.29, 0.717) is 5.71 Å². The van der Waals surface area contributed by atoms with Gasteiger partial charge in [-0.05, 0) is 68.6 Å². The molecule has 1 unspecified atom stereocenters. The van der Waals surface area contributed by atoms with E-state index in [2.05, 4.69) is 5.16 Å².